The van der Waals surface area contributed by atoms with Crippen LogP contribution in [0.15, 0.2) is 25.2 Å². The molecule has 2 rings (SSSR count). The zero-order chi connectivity index (χ0) is 9.97. The maximum absolute atomic E-state index is 10.9. The van der Waals surface area contributed by atoms with Gasteiger partial charge in [-0.05, 0) is 6.08 Å². The topological polar surface area (TPSA) is 83.6 Å². The largest absolute Gasteiger partial charge is 0.308 e. The number of anilines is 1. The Hall–Kier alpha value is -2.24. The average molecular weight is 189 g/mol. The van der Waals surface area contributed by atoms with Crippen molar-refractivity contribution in [2.24, 2.45) is 0 Å². The van der Waals surface area contributed by atoms with Gasteiger partial charge in [0.15, 0.2) is 5.65 Å². The van der Waals surface area contributed by atoms with Crippen LogP contribution in [0.25, 0.3) is 11.2 Å². The molecule has 0 radical (unpaired) electrons. The Morgan fingerprint density at radius 1 is 1.64 bits per heavy atom. The predicted octanol–water partition coefficient (Wildman–Crippen LogP) is 0.477. The Balaban J connectivity index is 2.35. The van der Waals surface area contributed by atoms with Crippen molar-refractivity contribution in [3.63, 3.8) is 0 Å². The number of hydrogen-bond donors (Lipinski definition) is 2. The highest BCUT2D eigenvalue weighted by Crippen LogP contribution is 2.09. The predicted molar refractivity (Wildman–Crippen MR) is 50.5 cm³/mol. The molecule has 2 aromatic heterocycles. The van der Waals surface area contributed by atoms with Crippen LogP contribution in [-0.2, 0) is 4.79 Å². The molecule has 2 N–H and O–H groups in total. The number of carbonyl (C=O) groups excluding carboxylic acids is 1. The van der Waals surface area contributed by atoms with Gasteiger partial charge in [-0.3, -0.25) is 10.1 Å². The van der Waals surface area contributed by atoms with Crippen molar-refractivity contribution < 1.29 is 4.79 Å². The summed E-state index contributed by atoms with van der Waals surface area (Å²) in [7, 11) is 0. The Morgan fingerprint density at radius 3 is 3.21 bits per heavy atom. The summed E-state index contributed by atoms with van der Waals surface area (Å²) in [5, 5.41) is 2.49. The molecule has 0 saturated carbocycles. The van der Waals surface area contributed by atoms with E-state index in [9.17, 15) is 4.79 Å². The number of imidazole rings is 1. The third-order valence-electron chi connectivity index (χ3n) is 1.59. The number of nitrogens with zero attached hydrogens (tertiary/aromatic N) is 3. The van der Waals surface area contributed by atoms with E-state index in [4.69, 9.17) is 0 Å². The molecule has 0 aliphatic rings. The van der Waals surface area contributed by atoms with Gasteiger partial charge < -0.3 is 4.98 Å². The minimum absolute atomic E-state index is 0.322. The van der Waals surface area contributed by atoms with Gasteiger partial charge in [0, 0.05) is 0 Å². The SMILES string of the molecule is C=CC(=O)Nc1nc2cncnc2[nH]1. The molecule has 6 heteroatoms. The first-order valence-corrected chi connectivity index (χ1v) is 3.89. The molecule has 0 fully saturated rings. The fourth-order valence-electron chi connectivity index (χ4n) is 0.988. The maximum atomic E-state index is 10.9. The van der Waals surface area contributed by atoms with Gasteiger partial charge in [-0.25, -0.2) is 15.0 Å². The first-order chi connectivity index (χ1) is 6.79. The second-order valence-corrected chi connectivity index (χ2v) is 2.54. The quantitative estimate of drug-likeness (QED) is 0.673. The van der Waals surface area contributed by atoms with Gasteiger partial charge >= 0.3 is 0 Å². The third kappa shape index (κ3) is 1.45. The molecule has 0 aromatic carbocycles. The van der Waals surface area contributed by atoms with Crippen molar-refractivity contribution in [1.29, 1.82) is 0 Å². The van der Waals surface area contributed by atoms with Crippen molar-refractivity contribution in [2.75, 3.05) is 5.32 Å². The smallest absolute Gasteiger partial charge is 0.250 e. The highest BCUT2D eigenvalue weighted by atomic mass is 16.1. The van der Waals surface area contributed by atoms with Crippen molar-refractivity contribution in [1.82, 2.24) is 19.9 Å². The maximum Gasteiger partial charge on any atom is 0.250 e. The van der Waals surface area contributed by atoms with E-state index in [0.717, 1.165) is 0 Å². The Kier molecular flexibility index (Phi) is 1.94. The molecule has 14 heavy (non-hydrogen) atoms. The molecule has 0 saturated heterocycles. The van der Waals surface area contributed by atoms with Crippen LogP contribution in [0.4, 0.5) is 5.95 Å². The van der Waals surface area contributed by atoms with E-state index in [-0.39, 0.29) is 5.91 Å². The van der Waals surface area contributed by atoms with E-state index in [1.165, 1.54) is 12.4 Å². The van der Waals surface area contributed by atoms with Gasteiger partial charge in [0.1, 0.15) is 11.8 Å². The number of carbonyl (C=O) groups is 1. The second kappa shape index (κ2) is 3.25. The third-order valence-corrected chi connectivity index (χ3v) is 1.59. The zero-order valence-corrected chi connectivity index (χ0v) is 7.19. The van der Waals surface area contributed by atoms with E-state index in [1.807, 2.05) is 0 Å². The summed E-state index contributed by atoms with van der Waals surface area (Å²) in [5.74, 6) is 0.0161. The van der Waals surface area contributed by atoms with Gasteiger partial charge in [0.2, 0.25) is 11.9 Å². The molecule has 0 aliphatic heterocycles. The minimum Gasteiger partial charge on any atom is -0.308 e. The van der Waals surface area contributed by atoms with Crippen molar-refractivity contribution in [3.8, 4) is 0 Å². The molecule has 0 spiro atoms. The van der Waals surface area contributed by atoms with Crippen LogP contribution in [0.5, 0.6) is 0 Å². The lowest BCUT2D eigenvalue weighted by molar-refractivity contribution is -0.111. The Labute approximate surface area is 79.1 Å². The highest BCUT2D eigenvalue weighted by molar-refractivity contribution is 5.98. The van der Waals surface area contributed by atoms with Gasteiger partial charge in [0.25, 0.3) is 0 Å². The second-order valence-electron chi connectivity index (χ2n) is 2.54. The van der Waals surface area contributed by atoms with Crippen molar-refractivity contribution in [2.45, 2.75) is 0 Å². The van der Waals surface area contributed by atoms with Crippen LogP contribution in [0.3, 0.4) is 0 Å². The summed E-state index contributed by atoms with van der Waals surface area (Å²) >= 11 is 0. The van der Waals surface area contributed by atoms with Crippen LogP contribution in [-0.4, -0.2) is 25.8 Å². The van der Waals surface area contributed by atoms with Crippen LogP contribution in [0.1, 0.15) is 0 Å². The van der Waals surface area contributed by atoms with Crippen LogP contribution >= 0.6 is 0 Å². The van der Waals surface area contributed by atoms with E-state index >= 15 is 0 Å². The van der Waals surface area contributed by atoms with E-state index in [1.54, 1.807) is 6.20 Å². The van der Waals surface area contributed by atoms with Crippen molar-refractivity contribution >= 4 is 23.0 Å². The molecule has 0 aliphatic carbocycles. The van der Waals surface area contributed by atoms with Gasteiger partial charge in [-0.2, -0.15) is 0 Å². The number of amides is 1. The fraction of sp³-hybridized carbons (Fsp3) is 0. The average Bonchev–Trinajstić information content (AvgIpc) is 2.59. The highest BCUT2D eigenvalue weighted by Gasteiger charge is 2.04. The fourth-order valence-corrected chi connectivity index (χ4v) is 0.988. The van der Waals surface area contributed by atoms with Gasteiger partial charge in [-0.15, -0.1) is 0 Å². The normalized spacial score (nSPS) is 10.0. The first kappa shape index (κ1) is 8.36. The van der Waals surface area contributed by atoms with E-state index in [0.29, 0.717) is 17.1 Å². The summed E-state index contributed by atoms with van der Waals surface area (Å²) < 4.78 is 0. The molecule has 0 atom stereocenters. The monoisotopic (exact) mass is 189 g/mol. The number of hydrogen-bond acceptors (Lipinski definition) is 4. The van der Waals surface area contributed by atoms with Crippen LogP contribution < -0.4 is 5.32 Å². The van der Waals surface area contributed by atoms with Crippen LogP contribution in [0, 0.1) is 0 Å². The zero-order valence-electron chi connectivity index (χ0n) is 7.19. The Morgan fingerprint density at radius 2 is 2.50 bits per heavy atom. The summed E-state index contributed by atoms with van der Waals surface area (Å²) in [5.41, 5.74) is 1.19. The standard InChI is InChI=1S/C8H7N5O/c1-2-6(14)12-8-11-5-3-9-4-10-7(5)13-8/h2-4H,1H2,(H2,9,10,11,12,13,14). The van der Waals surface area contributed by atoms with Crippen molar-refractivity contribution in [3.05, 3.63) is 25.2 Å². The molecule has 2 heterocycles. The van der Waals surface area contributed by atoms with Gasteiger partial charge in [0.05, 0.1) is 6.20 Å². The molecule has 70 valence electrons. The molecule has 6 nitrogen and oxygen atoms in total. The Bertz CT molecular complexity index is 456. The van der Waals surface area contributed by atoms with Crippen LogP contribution in [0.2, 0.25) is 0 Å². The lowest BCUT2D eigenvalue weighted by atomic mass is 10.6. The number of aromatic nitrogens is 4. The lowest BCUT2D eigenvalue weighted by Crippen LogP contribution is -2.08. The summed E-state index contributed by atoms with van der Waals surface area (Å²) in [4.78, 5) is 25.5. The summed E-state index contributed by atoms with van der Waals surface area (Å²) in [6.45, 7) is 3.33. The summed E-state index contributed by atoms with van der Waals surface area (Å²) in [6.07, 6.45) is 4.13. The molecular weight excluding hydrogens is 182 g/mol. The first-order valence-electron chi connectivity index (χ1n) is 3.89. The molecule has 0 bridgehead atoms. The summed E-state index contributed by atoms with van der Waals surface area (Å²) in [6, 6.07) is 0. The van der Waals surface area contributed by atoms with Gasteiger partial charge in [-0.1, -0.05) is 6.58 Å². The minimum atomic E-state index is -0.322. The van der Waals surface area contributed by atoms with E-state index in [2.05, 4.69) is 31.8 Å². The molecular formula is C8H7N5O. The molecule has 2 aromatic rings. The lowest BCUT2D eigenvalue weighted by Gasteiger charge is -1.93. The molecule has 0 unspecified atom stereocenters. The van der Waals surface area contributed by atoms with E-state index < -0.39 is 0 Å². The number of aromatic amines is 1. The number of rotatable bonds is 2. The number of fused-ring (bicyclic) bond motifs is 1. The number of nitrogens with one attached hydrogen (secondary N) is 2. The number of H-pyrrole nitrogens is 1. The molecule has 1 amide bonds.